The molecule has 4 nitrogen and oxygen atoms in total. The van der Waals surface area contributed by atoms with Crippen molar-refractivity contribution in [3.05, 3.63) is 76.9 Å². The van der Waals surface area contributed by atoms with E-state index in [2.05, 4.69) is 26.8 Å². The summed E-state index contributed by atoms with van der Waals surface area (Å²) in [5.74, 6) is -1.39. The predicted molar refractivity (Wildman–Crippen MR) is 137 cm³/mol. The summed E-state index contributed by atoms with van der Waals surface area (Å²) in [4.78, 5) is 24.9. The van der Waals surface area contributed by atoms with Crippen LogP contribution in [0.1, 0.15) is 93.8 Å². The molecule has 0 amide bonds. The van der Waals surface area contributed by atoms with Crippen molar-refractivity contribution in [3.63, 3.8) is 0 Å². The van der Waals surface area contributed by atoms with E-state index in [4.69, 9.17) is 4.74 Å². The van der Waals surface area contributed by atoms with E-state index in [-0.39, 0.29) is 6.42 Å². The lowest BCUT2D eigenvalue weighted by Gasteiger charge is -2.33. The molecule has 0 heterocycles. The molecule has 0 saturated carbocycles. The van der Waals surface area contributed by atoms with Gasteiger partial charge in [-0.25, -0.2) is 4.79 Å². The molecule has 0 radical (unpaired) electrons. The number of aliphatic carboxylic acids is 1. The van der Waals surface area contributed by atoms with E-state index < -0.39 is 23.5 Å². The molecule has 0 saturated heterocycles. The van der Waals surface area contributed by atoms with Gasteiger partial charge in [0.25, 0.3) is 0 Å². The molecule has 0 aromatic heterocycles. The minimum Gasteiger partial charge on any atom is -0.481 e. The fraction of sp³-hybridized carbons (Fsp3) is 0.467. The van der Waals surface area contributed by atoms with Gasteiger partial charge in [-0.1, -0.05) is 69.3 Å². The Hall–Kier alpha value is -2.88. The average molecular weight is 463 g/mol. The summed E-state index contributed by atoms with van der Waals surface area (Å²) in [5.41, 5.74) is 4.03. The van der Waals surface area contributed by atoms with Gasteiger partial charge in [0.15, 0.2) is 0 Å². The molecule has 0 fully saturated rings. The molecular weight excluding hydrogens is 424 g/mol. The highest BCUT2D eigenvalue weighted by molar-refractivity contribution is 5.91. The van der Waals surface area contributed by atoms with Crippen molar-refractivity contribution in [3.8, 4) is 0 Å². The number of benzene rings is 2. The van der Waals surface area contributed by atoms with Crippen LogP contribution < -0.4 is 0 Å². The van der Waals surface area contributed by atoms with Gasteiger partial charge in [0.2, 0.25) is 0 Å². The molecule has 1 N–H and O–H groups in total. The third-order valence-electron chi connectivity index (χ3n) is 6.68. The normalized spacial score (nSPS) is 17.6. The number of esters is 1. The Kier molecular flexibility index (Phi) is 7.70. The zero-order chi connectivity index (χ0) is 25.1. The molecule has 34 heavy (non-hydrogen) atoms. The Labute approximate surface area is 204 Å². The van der Waals surface area contributed by atoms with Crippen molar-refractivity contribution < 1.29 is 19.4 Å². The molecular formula is C30H38O4. The zero-order valence-electron chi connectivity index (χ0n) is 21.4. The van der Waals surface area contributed by atoms with E-state index in [1.165, 1.54) is 12.0 Å². The van der Waals surface area contributed by atoms with Crippen molar-refractivity contribution in [2.24, 2.45) is 11.3 Å². The Morgan fingerprint density at radius 1 is 1.00 bits per heavy atom. The van der Waals surface area contributed by atoms with E-state index in [1.54, 1.807) is 12.1 Å². The third-order valence-corrected chi connectivity index (χ3v) is 6.68. The first kappa shape index (κ1) is 25.7. The molecule has 1 unspecified atom stereocenters. The lowest BCUT2D eigenvalue weighted by molar-refractivity contribution is -0.138. The maximum absolute atomic E-state index is 12.7. The van der Waals surface area contributed by atoms with Crippen molar-refractivity contribution in [2.45, 2.75) is 78.7 Å². The SMILES string of the molecule is CC(C)(C)OC(=O)c1ccccc1CC(C(=O)O)c1ccc(C2=CC[C@H](C(C)(C)C)CC2)cc1. The number of carboxylic acid groups (broad SMARTS) is 1. The first-order valence-corrected chi connectivity index (χ1v) is 12.2. The Morgan fingerprint density at radius 2 is 1.65 bits per heavy atom. The summed E-state index contributed by atoms with van der Waals surface area (Å²) in [6.45, 7) is 12.4. The molecule has 2 atom stereocenters. The molecule has 0 spiro atoms. The predicted octanol–water partition coefficient (Wildman–Crippen LogP) is 7.28. The first-order valence-electron chi connectivity index (χ1n) is 12.2. The minimum atomic E-state index is -0.906. The van der Waals surface area contributed by atoms with E-state index in [1.807, 2.05) is 57.2 Å². The third kappa shape index (κ3) is 6.59. The number of allylic oxidation sites excluding steroid dienone is 2. The van der Waals surface area contributed by atoms with Crippen LogP contribution in [0.4, 0.5) is 0 Å². The van der Waals surface area contributed by atoms with E-state index in [9.17, 15) is 14.7 Å². The standard InChI is InChI=1S/C30H38O4/c1-29(2,3)24-17-15-21(16-18-24)20-11-13-22(14-12-20)26(27(31)32)19-23-9-7-8-10-25(23)28(33)34-30(4,5)6/h7-15,24,26H,16-19H2,1-6H3,(H,31,32)/t24-,26?/m0/s1. The highest BCUT2D eigenvalue weighted by atomic mass is 16.6. The summed E-state index contributed by atoms with van der Waals surface area (Å²) >= 11 is 0. The van der Waals surface area contributed by atoms with Gasteiger partial charge in [0.05, 0.1) is 11.5 Å². The zero-order valence-corrected chi connectivity index (χ0v) is 21.4. The fourth-order valence-electron chi connectivity index (χ4n) is 4.61. The number of hydrogen-bond donors (Lipinski definition) is 1. The van der Waals surface area contributed by atoms with Crippen molar-refractivity contribution in [1.29, 1.82) is 0 Å². The summed E-state index contributed by atoms with van der Waals surface area (Å²) in [6, 6.07) is 15.0. The smallest absolute Gasteiger partial charge is 0.338 e. The van der Waals surface area contributed by atoms with E-state index in [0.717, 1.165) is 24.0 Å². The van der Waals surface area contributed by atoms with Crippen LogP contribution in [-0.2, 0) is 16.0 Å². The van der Waals surface area contributed by atoms with Gasteiger partial charge in [0.1, 0.15) is 5.60 Å². The van der Waals surface area contributed by atoms with Gasteiger partial charge in [-0.15, -0.1) is 0 Å². The van der Waals surface area contributed by atoms with Crippen LogP contribution >= 0.6 is 0 Å². The maximum atomic E-state index is 12.7. The lowest BCUT2D eigenvalue weighted by Crippen LogP contribution is -2.25. The minimum absolute atomic E-state index is 0.222. The summed E-state index contributed by atoms with van der Waals surface area (Å²) in [5, 5.41) is 10.00. The van der Waals surface area contributed by atoms with E-state index >= 15 is 0 Å². The number of hydrogen-bond acceptors (Lipinski definition) is 3. The molecule has 0 bridgehead atoms. The maximum Gasteiger partial charge on any atom is 0.338 e. The monoisotopic (exact) mass is 462 g/mol. The van der Waals surface area contributed by atoms with Gasteiger partial charge < -0.3 is 9.84 Å². The van der Waals surface area contributed by atoms with Gasteiger partial charge in [-0.3, -0.25) is 4.79 Å². The van der Waals surface area contributed by atoms with Gasteiger partial charge >= 0.3 is 11.9 Å². The highest BCUT2D eigenvalue weighted by Gasteiger charge is 2.27. The van der Waals surface area contributed by atoms with Gasteiger partial charge in [0, 0.05) is 0 Å². The summed E-state index contributed by atoms with van der Waals surface area (Å²) in [6.07, 6.45) is 5.88. The largest absolute Gasteiger partial charge is 0.481 e. The first-order chi connectivity index (χ1) is 15.8. The van der Waals surface area contributed by atoms with Crippen LogP contribution in [0, 0.1) is 11.3 Å². The topological polar surface area (TPSA) is 63.6 Å². The molecule has 1 aliphatic rings. The second kappa shape index (κ2) is 10.2. The van der Waals surface area contributed by atoms with Crippen LogP contribution in [-0.4, -0.2) is 22.6 Å². The number of ether oxygens (including phenoxy) is 1. The highest BCUT2D eigenvalue weighted by Crippen LogP contribution is 2.39. The molecule has 4 heteroatoms. The Balaban J connectivity index is 1.80. The summed E-state index contributed by atoms with van der Waals surface area (Å²) in [7, 11) is 0. The van der Waals surface area contributed by atoms with Crippen molar-refractivity contribution in [1.82, 2.24) is 0 Å². The lowest BCUT2D eigenvalue weighted by atomic mass is 9.72. The second-order valence-electron chi connectivity index (χ2n) is 11.4. The van der Waals surface area contributed by atoms with Crippen LogP contribution in [0.3, 0.4) is 0 Å². The fourth-order valence-corrected chi connectivity index (χ4v) is 4.61. The number of carboxylic acids is 1. The van der Waals surface area contributed by atoms with Crippen LogP contribution in [0.2, 0.25) is 0 Å². The molecule has 182 valence electrons. The number of rotatable bonds is 6. The Bertz CT molecular complexity index is 1050. The molecule has 2 aromatic carbocycles. The van der Waals surface area contributed by atoms with Crippen molar-refractivity contribution in [2.75, 3.05) is 0 Å². The quantitative estimate of drug-likeness (QED) is 0.458. The summed E-state index contributed by atoms with van der Waals surface area (Å²) < 4.78 is 5.53. The molecule has 0 aliphatic heterocycles. The number of carbonyl (C=O) groups excluding carboxylic acids is 1. The van der Waals surface area contributed by atoms with E-state index in [0.29, 0.717) is 22.5 Å². The molecule has 1 aliphatic carbocycles. The Morgan fingerprint density at radius 3 is 2.18 bits per heavy atom. The second-order valence-corrected chi connectivity index (χ2v) is 11.4. The van der Waals surface area contributed by atoms with Crippen LogP contribution in [0.5, 0.6) is 0 Å². The molecule has 3 rings (SSSR count). The van der Waals surface area contributed by atoms with Crippen LogP contribution in [0.25, 0.3) is 5.57 Å². The van der Waals surface area contributed by atoms with Crippen molar-refractivity contribution >= 4 is 17.5 Å². The van der Waals surface area contributed by atoms with Gasteiger partial charge in [-0.2, -0.15) is 0 Å². The van der Waals surface area contributed by atoms with Crippen LogP contribution in [0.15, 0.2) is 54.6 Å². The van der Waals surface area contributed by atoms with Gasteiger partial charge in [-0.05, 0) is 86.1 Å². The number of carbonyl (C=O) groups is 2. The molecule has 2 aromatic rings. The average Bonchev–Trinajstić information content (AvgIpc) is 2.76.